The number of anilines is 1. The Morgan fingerprint density at radius 3 is 2.50 bits per heavy atom. The highest BCUT2D eigenvalue weighted by molar-refractivity contribution is 9.10. The molecule has 0 saturated carbocycles. The number of amides is 1. The zero-order chi connectivity index (χ0) is 19.0. The molecule has 0 N–H and O–H groups in total. The van der Waals surface area contributed by atoms with Crippen molar-refractivity contribution >= 4 is 82.5 Å². The van der Waals surface area contributed by atoms with Crippen LogP contribution >= 0.6 is 51.0 Å². The van der Waals surface area contributed by atoms with E-state index < -0.39 is 0 Å². The maximum Gasteiger partial charge on any atom is 0.289 e. The molecule has 0 aliphatic rings. The molecule has 2 heterocycles. The fourth-order valence-electron chi connectivity index (χ4n) is 2.66. The Labute approximate surface area is 185 Å². The number of hydrogen-bond donors (Lipinski definition) is 0. The summed E-state index contributed by atoms with van der Waals surface area (Å²) in [4.78, 5) is 26.3. The molecule has 146 valence electrons. The summed E-state index contributed by atoms with van der Waals surface area (Å²) >= 11 is 6.45. The van der Waals surface area contributed by atoms with Gasteiger partial charge in [0.25, 0.3) is 5.91 Å². The van der Waals surface area contributed by atoms with Crippen molar-refractivity contribution in [3.63, 3.8) is 0 Å². The molecule has 2 aromatic carbocycles. The van der Waals surface area contributed by atoms with Crippen LogP contribution in [0.25, 0.3) is 20.4 Å². The molecule has 2 aromatic heterocycles. The second-order valence-electron chi connectivity index (χ2n) is 6.36. The van der Waals surface area contributed by atoms with E-state index in [1.807, 2.05) is 56.6 Å². The Hall–Kier alpha value is -1.58. The second-order valence-corrected chi connectivity index (χ2v) is 9.31. The Morgan fingerprint density at radius 1 is 1.00 bits per heavy atom. The lowest BCUT2D eigenvalue weighted by Crippen LogP contribution is -2.36. The van der Waals surface area contributed by atoms with Gasteiger partial charge in [0.2, 0.25) is 0 Å². The summed E-state index contributed by atoms with van der Waals surface area (Å²) in [6.07, 6.45) is 0. The van der Waals surface area contributed by atoms with Gasteiger partial charge in [-0.2, -0.15) is 0 Å². The first kappa shape index (κ1) is 21.1. The summed E-state index contributed by atoms with van der Waals surface area (Å²) in [6, 6.07) is 13.8. The molecule has 0 spiro atoms. The van der Waals surface area contributed by atoms with E-state index in [1.165, 1.54) is 22.7 Å². The summed E-state index contributed by atoms with van der Waals surface area (Å²) in [5.41, 5.74) is 1.75. The number of likely N-dealkylation sites (N-methyl/N-ethyl adjacent to an activating group) is 1. The van der Waals surface area contributed by atoms with Crippen molar-refractivity contribution in [1.82, 2.24) is 14.9 Å². The summed E-state index contributed by atoms with van der Waals surface area (Å²) in [5.74, 6) is -0.101. The van der Waals surface area contributed by atoms with Crippen LogP contribution in [-0.2, 0) is 0 Å². The van der Waals surface area contributed by atoms with Crippen LogP contribution in [0.15, 0.2) is 46.9 Å². The van der Waals surface area contributed by atoms with Gasteiger partial charge in [0.05, 0.1) is 20.4 Å². The van der Waals surface area contributed by atoms with E-state index in [0.29, 0.717) is 16.7 Å². The summed E-state index contributed by atoms with van der Waals surface area (Å²) in [5, 5.41) is 1.20. The minimum absolute atomic E-state index is 0. The lowest BCUT2D eigenvalue weighted by molar-refractivity contribution is 0.0985. The van der Waals surface area contributed by atoms with E-state index in [0.717, 1.165) is 31.5 Å². The molecule has 0 fully saturated rings. The minimum Gasteiger partial charge on any atom is -0.308 e. The monoisotopic (exact) mass is 496 g/mol. The number of carbonyl (C=O) groups excluding carboxylic acids is 1. The highest BCUT2D eigenvalue weighted by Crippen LogP contribution is 2.32. The van der Waals surface area contributed by atoms with Crippen LogP contribution in [0.1, 0.15) is 9.80 Å². The Balaban J connectivity index is 0.00000225. The largest absolute Gasteiger partial charge is 0.308 e. The van der Waals surface area contributed by atoms with Crippen LogP contribution < -0.4 is 4.90 Å². The Kier molecular flexibility index (Phi) is 6.67. The van der Waals surface area contributed by atoms with Gasteiger partial charge in [-0.3, -0.25) is 9.69 Å². The number of benzene rings is 2. The van der Waals surface area contributed by atoms with Crippen molar-refractivity contribution < 1.29 is 4.79 Å². The molecule has 0 radical (unpaired) electrons. The predicted octanol–water partition coefficient (Wildman–Crippen LogP) is 5.30. The number of fused-ring (bicyclic) bond motifs is 2. The van der Waals surface area contributed by atoms with Gasteiger partial charge < -0.3 is 4.90 Å². The fourth-order valence-corrected chi connectivity index (χ4v) is 5.12. The molecular weight excluding hydrogens is 480 g/mol. The summed E-state index contributed by atoms with van der Waals surface area (Å²) in [7, 11) is 3.99. The molecular formula is C19H18BrClN4OS2. The van der Waals surface area contributed by atoms with Crippen molar-refractivity contribution in [2.75, 3.05) is 32.1 Å². The molecule has 0 bridgehead atoms. The molecule has 0 atom stereocenters. The first-order chi connectivity index (χ1) is 13.0. The first-order valence-corrected chi connectivity index (χ1v) is 10.8. The van der Waals surface area contributed by atoms with E-state index in [-0.39, 0.29) is 18.3 Å². The van der Waals surface area contributed by atoms with Gasteiger partial charge in [0.15, 0.2) is 10.1 Å². The molecule has 0 unspecified atom stereocenters. The van der Waals surface area contributed by atoms with Gasteiger partial charge in [-0.1, -0.05) is 39.4 Å². The number of aromatic nitrogens is 2. The molecule has 4 aromatic rings. The first-order valence-electron chi connectivity index (χ1n) is 8.39. The van der Waals surface area contributed by atoms with E-state index in [9.17, 15) is 4.79 Å². The fraction of sp³-hybridized carbons (Fsp3) is 0.211. The number of rotatable bonds is 5. The highest BCUT2D eigenvalue weighted by atomic mass is 79.9. The topological polar surface area (TPSA) is 49.3 Å². The van der Waals surface area contributed by atoms with E-state index in [2.05, 4.69) is 25.8 Å². The third-order valence-electron chi connectivity index (χ3n) is 4.06. The Bertz CT molecular complexity index is 1090. The van der Waals surface area contributed by atoms with Crippen molar-refractivity contribution in [3.05, 3.63) is 51.9 Å². The van der Waals surface area contributed by atoms with Crippen LogP contribution in [0.5, 0.6) is 0 Å². The van der Waals surface area contributed by atoms with Crippen molar-refractivity contribution in [2.45, 2.75) is 0 Å². The van der Waals surface area contributed by atoms with Crippen LogP contribution in [0.4, 0.5) is 5.13 Å². The smallest absolute Gasteiger partial charge is 0.289 e. The van der Waals surface area contributed by atoms with Gasteiger partial charge in [0.1, 0.15) is 0 Å². The molecule has 1 amide bonds. The van der Waals surface area contributed by atoms with Crippen molar-refractivity contribution in [1.29, 1.82) is 0 Å². The molecule has 0 saturated heterocycles. The summed E-state index contributed by atoms with van der Waals surface area (Å²) < 4.78 is 3.07. The molecule has 9 heteroatoms. The zero-order valence-corrected chi connectivity index (χ0v) is 19.3. The SMILES string of the molecule is CN(C)CCN(C(=O)c1nc2ccccc2s1)c1nc2ccc(Br)cc2s1.Cl. The average molecular weight is 498 g/mol. The van der Waals surface area contributed by atoms with Gasteiger partial charge in [-0.05, 0) is 44.4 Å². The lowest BCUT2D eigenvalue weighted by Gasteiger charge is -2.20. The maximum atomic E-state index is 13.3. The van der Waals surface area contributed by atoms with E-state index in [1.54, 1.807) is 4.90 Å². The quantitative estimate of drug-likeness (QED) is 0.375. The second kappa shape index (κ2) is 8.84. The Morgan fingerprint density at radius 2 is 1.75 bits per heavy atom. The van der Waals surface area contributed by atoms with E-state index in [4.69, 9.17) is 4.98 Å². The van der Waals surface area contributed by atoms with Crippen molar-refractivity contribution in [3.8, 4) is 0 Å². The lowest BCUT2D eigenvalue weighted by atomic mass is 10.3. The van der Waals surface area contributed by atoms with Crippen molar-refractivity contribution in [2.24, 2.45) is 0 Å². The number of carbonyl (C=O) groups is 1. The minimum atomic E-state index is -0.101. The highest BCUT2D eigenvalue weighted by Gasteiger charge is 2.24. The number of para-hydroxylation sites is 1. The molecule has 28 heavy (non-hydrogen) atoms. The van der Waals surface area contributed by atoms with Crippen LogP contribution in [-0.4, -0.2) is 48.0 Å². The van der Waals surface area contributed by atoms with Gasteiger partial charge >= 0.3 is 0 Å². The number of nitrogens with zero attached hydrogens (tertiary/aromatic N) is 4. The van der Waals surface area contributed by atoms with Crippen LogP contribution in [0.2, 0.25) is 0 Å². The van der Waals surface area contributed by atoms with Crippen LogP contribution in [0.3, 0.4) is 0 Å². The van der Waals surface area contributed by atoms with Gasteiger partial charge in [-0.25, -0.2) is 9.97 Å². The molecule has 0 aliphatic carbocycles. The third-order valence-corrected chi connectivity index (χ3v) is 6.62. The maximum absolute atomic E-state index is 13.3. The summed E-state index contributed by atoms with van der Waals surface area (Å²) in [6.45, 7) is 1.30. The van der Waals surface area contributed by atoms with Gasteiger partial charge in [-0.15, -0.1) is 23.7 Å². The molecule has 0 aliphatic heterocycles. The average Bonchev–Trinajstić information content (AvgIpc) is 3.24. The number of hydrogen-bond acceptors (Lipinski definition) is 6. The standard InChI is InChI=1S/C19H17BrN4OS2.ClH/c1-23(2)9-10-24(19-22-14-8-7-12(20)11-16(14)27-19)18(25)17-21-13-5-3-4-6-15(13)26-17;/h3-8,11H,9-10H2,1-2H3;1H. The zero-order valence-electron chi connectivity index (χ0n) is 15.3. The van der Waals surface area contributed by atoms with Gasteiger partial charge in [0, 0.05) is 17.6 Å². The molecule has 5 nitrogen and oxygen atoms in total. The predicted molar refractivity (Wildman–Crippen MR) is 124 cm³/mol. The normalized spacial score (nSPS) is 11.1. The van der Waals surface area contributed by atoms with E-state index >= 15 is 0 Å². The number of thiazole rings is 2. The molecule has 4 rings (SSSR count). The third kappa shape index (κ3) is 4.36. The van der Waals surface area contributed by atoms with Crippen LogP contribution in [0, 0.1) is 0 Å². The number of halogens is 2.